The van der Waals surface area contributed by atoms with E-state index in [0.717, 1.165) is 48.6 Å². The van der Waals surface area contributed by atoms with Gasteiger partial charge in [0.25, 0.3) is 0 Å². The molecule has 2 aromatic rings. The van der Waals surface area contributed by atoms with Crippen LogP contribution in [-0.2, 0) is 19.6 Å². The third-order valence-electron chi connectivity index (χ3n) is 3.45. The van der Waals surface area contributed by atoms with Crippen molar-refractivity contribution < 1.29 is 9.50 Å². The highest BCUT2D eigenvalue weighted by atomic mass is 19.1. The quantitative estimate of drug-likeness (QED) is 0.884. The van der Waals surface area contributed by atoms with Gasteiger partial charge in [-0.3, -0.25) is 0 Å². The molecule has 0 spiro atoms. The summed E-state index contributed by atoms with van der Waals surface area (Å²) in [6.07, 6.45) is 3.22. The lowest BCUT2D eigenvalue weighted by Crippen LogP contribution is -2.12. The maximum absolute atomic E-state index is 12.9. The molecule has 1 N–H and O–H groups in total. The minimum absolute atomic E-state index is 0.0281. The second kappa shape index (κ2) is 4.53. The lowest BCUT2D eigenvalue weighted by atomic mass is 10.1. The van der Waals surface area contributed by atoms with Crippen molar-refractivity contribution in [3.8, 4) is 11.3 Å². The topological polar surface area (TPSA) is 38.1 Å². The SMILES string of the molecule is OCc1c(-c2ccc(F)cc2)nc2n1CCCC2. The molecule has 1 aromatic heterocycles. The lowest BCUT2D eigenvalue weighted by molar-refractivity contribution is 0.268. The van der Waals surface area contributed by atoms with E-state index < -0.39 is 0 Å². The molecule has 18 heavy (non-hydrogen) atoms. The highest BCUT2D eigenvalue weighted by Crippen LogP contribution is 2.27. The summed E-state index contributed by atoms with van der Waals surface area (Å²) >= 11 is 0. The van der Waals surface area contributed by atoms with Crippen molar-refractivity contribution in [3.63, 3.8) is 0 Å². The Morgan fingerprint density at radius 1 is 1.22 bits per heavy atom. The highest BCUT2D eigenvalue weighted by Gasteiger charge is 2.19. The smallest absolute Gasteiger partial charge is 0.123 e. The number of aryl methyl sites for hydroxylation is 1. The molecule has 1 aliphatic rings. The van der Waals surface area contributed by atoms with Crippen molar-refractivity contribution in [2.24, 2.45) is 0 Å². The number of aromatic nitrogens is 2. The van der Waals surface area contributed by atoms with Crippen LogP contribution in [0.5, 0.6) is 0 Å². The molecule has 1 aromatic carbocycles. The van der Waals surface area contributed by atoms with Gasteiger partial charge in [0.2, 0.25) is 0 Å². The van der Waals surface area contributed by atoms with Gasteiger partial charge in [0.15, 0.2) is 0 Å². The van der Waals surface area contributed by atoms with E-state index in [-0.39, 0.29) is 12.4 Å². The first kappa shape index (κ1) is 11.4. The summed E-state index contributed by atoms with van der Waals surface area (Å²) < 4.78 is 15.0. The van der Waals surface area contributed by atoms with Gasteiger partial charge in [0.1, 0.15) is 11.6 Å². The second-order valence-electron chi connectivity index (χ2n) is 4.60. The zero-order valence-corrected chi connectivity index (χ0v) is 10.1. The van der Waals surface area contributed by atoms with E-state index in [4.69, 9.17) is 0 Å². The highest BCUT2D eigenvalue weighted by molar-refractivity contribution is 5.62. The van der Waals surface area contributed by atoms with E-state index in [2.05, 4.69) is 9.55 Å². The fourth-order valence-corrected chi connectivity index (χ4v) is 2.54. The van der Waals surface area contributed by atoms with Crippen LogP contribution in [0.3, 0.4) is 0 Å². The number of hydrogen-bond acceptors (Lipinski definition) is 2. The van der Waals surface area contributed by atoms with Gasteiger partial charge in [0.05, 0.1) is 18.0 Å². The van der Waals surface area contributed by atoms with Crippen molar-refractivity contribution in [3.05, 3.63) is 41.6 Å². The molecular formula is C14H15FN2O. The van der Waals surface area contributed by atoms with E-state index in [9.17, 15) is 9.50 Å². The molecular weight excluding hydrogens is 231 g/mol. The van der Waals surface area contributed by atoms with Crippen LogP contribution in [0.15, 0.2) is 24.3 Å². The molecule has 0 amide bonds. The van der Waals surface area contributed by atoms with E-state index in [1.165, 1.54) is 12.1 Å². The Kier molecular flexibility index (Phi) is 2.88. The van der Waals surface area contributed by atoms with Gasteiger partial charge < -0.3 is 9.67 Å². The number of aliphatic hydroxyl groups excluding tert-OH is 1. The Hall–Kier alpha value is -1.68. The number of fused-ring (bicyclic) bond motifs is 1. The van der Waals surface area contributed by atoms with Gasteiger partial charge in [-0.15, -0.1) is 0 Å². The number of benzene rings is 1. The predicted octanol–water partition coefficient (Wildman–Crippen LogP) is 2.52. The van der Waals surface area contributed by atoms with Gasteiger partial charge in [-0.1, -0.05) is 0 Å². The molecule has 0 atom stereocenters. The van der Waals surface area contributed by atoms with Crippen molar-refractivity contribution in [2.75, 3.05) is 0 Å². The normalized spacial score (nSPS) is 14.6. The van der Waals surface area contributed by atoms with E-state index >= 15 is 0 Å². The predicted molar refractivity (Wildman–Crippen MR) is 66.5 cm³/mol. The Bertz CT molecular complexity index is 560. The molecule has 0 aliphatic carbocycles. The first-order chi connectivity index (χ1) is 8.79. The number of rotatable bonds is 2. The molecule has 0 radical (unpaired) electrons. The van der Waals surface area contributed by atoms with Crippen LogP contribution in [0.1, 0.15) is 24.4 Å². The summed E-state index contributed by atoms with van der Waals surface area (Å²) in [5, 5.41) is 9.54. The molecule has 0 fully saturated rings. The summed E-state index contributed by atoms with van der Waals surface area (Å²) in [7, 11) is 0. The maximum Gasteiger partial charge on any atom is 0.123 e. The largest absolute Gasteiger partial charge is 0.390 e. The molecule has 3 nitrogen and oxygen atoms in total. The summed E-state index contributed by atoms with van der Waals surface area (Å²) in [4.78, 5) is 4.60. The van der Waals surface area contributed by atoms with Crippen LogP contribution in [0.25, 0.3) is 11.3 Å². The zero-order chi connectivity index (χ0) is 12.5. The molecule has 0 saturated carbocycles. The molecule has 1 aliphatic heterocycles. The van der Waals surface area contributed by atoms with Crippen LogP contribution < -0.4 is 0 Å². The standard InChI is InChI=1S/C14H15FN2O/c15-11-6-4-10(5-7-11)14-12(9-18)17-8-2-1-3-13(17)16-14/h4-7,18H,1-3,8-9H2. The number of aliphatic hydroxyl groups is 1. The van der Waals surface area contributed by atoms with Gasteiger partial charge in [-0.25, -0.2) is 9.37 Å². The third-order valence-corrected chi connectivity index (χ3v) is 3.45. The Balaban J connectivity index is 2.11. The van der Waals surface area contributed by atoms with Crippen molar-refractivity contribution in [1.29, 1.82) is 0 Å². The first-order valence-electron chi connectivity index (χ1n) is 6.24. The maximum atomic E-state index is 12.9. The average molecular weight is 246 g/mol. The average Bonchev–Trinajstić information content (AvgIpc) is 2.78. The lowest BCUT2D eigenvalue weighted by Gasteiger charge is -2.15. The van der Waals surface area contributed by atoms with Crippen molar-refractivity contribution in [1.82, 2.24) is 9.55 Å². The first-order valence-corrected chi connectivity index (χ1v) is 6.24. The zero-order valence-electron chi connectivity index (χ0n) is 10.1. The number of nitrogens with zero attached hydrogens (tertiary/aromatic N) is 2. The fourth-order valence-electron chi connectivity index (χ4n) is 2.54. The Labute approximate surface area is 105 Å². The molecule has 2 heterocycles. The molecule has 0 bridgehead atoms. The van der Waals surface area contributed by atoms with Crippen LogP contribution >= 0.6 is 0 Å². The van der Waals surface area contributed by atoms with E-state index in [1.54, 1.807) is 12.1 Å². The fraction of sp³-hybridized carbons (Fsp3) is 0.357. The monoisotopic (exact) mass is 246 g/mol. The summed E-state index contributed by atoms with van der Waals surface area (Å²) in [6.45, 7) is 0.888. The van der Waals surface area contributed by atoms with Gasteiger partial charge in [-0.05, 0) is 37.1 Å². The molecule has 94 valence electrons. The number of imidazole rings is 1. The summed E-state index contributed by atoms with van der Waals surface area (Å²) in [5.74, 6) is 0.776. The molecule has 0 unspecified atom stereocenters. The molecule has 4 heteroatoms. The van der Waals surface area contributed by atoms with Gasteiger partial charge in [0, 0.05) is 18.5 Å². The minimum Gasteiger partial charge on any atom is -0.390 e. The van der Waals surface area contributed by atoms with Crippen LogP contribution in [0, 0.1) is 5.82 Å². The van der Waals surface area contributed by atoms with Crippen LogP contribution in [0.4, 0.5) is 4.39 Å². The van der Waals surface area contributed by atoms with Crippen molar-refractivity contribution in [2.45, 2.75) is 32.4 Å². The molecule has 0 saturated heterocycles. The van der Waals surface area contributed by atoms with Crippen molar-refractivity contribution >= 4 is 0 Å². The number of halogens is 1. The minimum atomic E-state index is -0.256. The second-order valence-corrected chi connectivity index (χ2v) is 4.60. The third kappa shape index (κ3) is 1.82. The summed E-state index contributed by atoms with van der Waals surface area (Å²) in [6, 6.07) is 6.27. The Morgan fingerprint density at radius 2 is 2.00 bits per heavy atom. The summed E-state index contributed by atoms with van der Waals surface area (Å²) in [5.41, 5.74) is 2.49. The Morgan fingerprint density at radius 3 is 2.72 bits per heavy atom. The van der Waals surface area contributed by atoms with E-state index in [0.29, 0.717) is 0 Å². The van der Waals surface area contributed by atoms with Crippen LogP contribution in [-0.4, -0.2) is 14.7 Å². The van der Waals surface area contributed by atoms with E-state index in [1.807, 2.05) is 0 Å². The van der Waals surface area contributed by atoms with Gasteiger partial charge >= 0.3 is 0 Å². The van der Waals surface area contributed by atoms with Gasteiger partial charge in [-0.2, -0.15) is 0 Å². The number of hydrogen-bond donors (Lipinski definition) is 1. The van der Waals surface area contributed by atoms with Crippen LogP contribution in [0.2, 0.25) is 0 Å². The molecule has 3 rings (SSSR count).